The minimum atomic E-state index is -0.0216. The van der Waals surface area contributed by atoms with Crippen LogP contribution in [-0.2, 0) is 4.79 Å². The molecule has 116 valence electrons. The molecule has 0 spiro atoms. The number of anilines is 2. The fraction of sp³-hybridized carbons (Fsp3) is 0.562. The van der Waals surface area contributed by atoms with Crippen molar-refractivity contribution in [1.82, 2.24) is 4.90 Å². The molecule has 4 nitrogen and oxygen atoms in total. The van der Waals surface area contributed by atoms with Crippen LogP contribution in [0.5, 0.6) is 0 Å². The molecule has 1 aliphatic rings. The van der Waals surface area contributed by atoms with Gasteiger partial charge < -0.3 is 16.0 Å². The van der Waals surface area contributed by atoms with Crippen LogP contribution in [0.2, 0.25) is 5.02 Å². The highest BCUT2D eigenvalue weighted by Gasteiger charge is 2.18. The van der Waals surface area contributed by atoms with Crippen LogP contribution in [0.1, 0.15) is 38.5 Å². The molecule has 0 heterocycles. The lowest BCUT2D eigenvalue weighted by Crippen LogP contribution is -2.35. The molecule has 0 atom stereocenters. The van der Waals surface area contributed by atoms with Gasteiger partial charge in [0.05, 0.1) is 11.4 Å². The van der Waals surface area contributed by atoms with Crippen molar-refractivity contribution in [2.75, 3.05) is 24.6 Å². The predicted molar refractivity (Wildman–Crippen MR) is 88.6 cm³/mol. The maximum absolute atomic E-state index is 12.0. The van der Waals surface area contributed by atoms with Crippen molar-refractivity contribution in [2.24, 2.45) is 0 Å². The smallest absolute Gasteiger partial charge is 0.225 e. The van der Waals surface area contributed by atoms with Crippen LogP contribution >= 0.6 is 11.6 Å². The minimum absolute atomic E-state index is 0.0216. The summed E-state index contributed by atoms with van der Waals surface area (Å²) >= 11 is 5.91. The minimum Gasteiger partial charge on any atom is -0.397 e. The quantitative estimate of drug-likeness (QED) is 0.818. The van der Waals surface area contributed by atoms with Crippen LogP contribution in [0, 0.1) is 0 Å². The van der Waals surface area contributed by atoms with Gasteiger partial charge in [-0.2, -0.15) is 0 Å². The molecule has 1 fully saturated rings. The summed E-state index contributed by atoms with van der Waals surface area (Å²) in [4.78, 5) is 14.3. The third-order valence-corrected chi connectivity index (χ3v) is 4.41. The molecule has 0 unspecified atom stereocenters. The average Bonchev–Trinajstić information content (AvgIpc) is 2.49. The number of carbonyl (C=O) groups is 1. The summed E-state index contributed by atoms with van der Waals surface area (Å²) in [6.07, 6.45) is 6.93. The van der Waals surface area contributed by atoms with Crippen LogP contribution in [0.3, 0.4) is 0 Å². The Morgan fingerprint density at radius 1 is 1.38 bits per heavy atom. The molecule has 1 aromatic carbocycles. The van der Waals surface area contributed by atoms with Gasteiger partial charge in [0, 0.05) is 24.0 Å². The highest BCUT2D eigenvalue weighted by Crippen LogP contribution is 2.24. The normalized spacial score (nSPS) is 16.1. The van der Waals surface area contributed by atoms with E-state index in [4.69, 9.17) is 17.3 Å². The summed E-state index contributed by atoms with van der Waals surface area (Å²) < 4.78 is 0. The van der Waals surface area contributed by atoms with Crippen molar-refractivity contribution in [3.8, 4) is 0 Å². The Bertz CT molecular complexity index is 486. The fourth-order valence-corrected chi connectivity index (χ4v) is 3.00. The van der Waals surface area contributed by atoms with Gasteiger partial charge in [0.25, 0.3) is 0 Å². The molecule has 2 rings (SSSR count). The summed E-state index contributed by atoms with van der Waals surface area (Å²) in [7, 11) is 2.11. The highest BCUT2D eigenvalue weighted by atomic mass is 35.5. The number of benzene rings is 1. The van der Waals surface area contributed by atoms with E-state index in [1.807, 2.05) is 0 Å². The second-order valence-corrected chi connectivity index (χ2v) is 6.24. The van der Waals surface area contributed by atoms with Gasteiger partial charge in [-0.05, 0) is 38.1 Å². The zero-order chi connectivity index (χ0) is 15.2. The van der Waals surface area contributed by atoms with E-state index in [0.29, 0.717) is 28.9 Å². The Hall–Kier alpha value is -1.26. The van der Waals surface area contributed by atoms with Gasteiger partial charge >= 0.3 is 0 Å². The molecule has 0 aromatic heterocycles. The number of hydrogen-bond donors (Lipinski definition) is 2. The Labute approximate surface area is 131 Å². The van der Waals surface area contributed by atoms with Gasteiger partial charge in [0.2, 0.25) is 5.91 Å². The lowest BCUT2D eigenvalue weighted by Gasteiger charge is -2.30. The highest BCUT2D eigenvalue weighted by molar-refractivity contribution is 6.31. The van der Waals surface area contributed by atoms with Crippen molar-refractivity contribution in [3.05, 3.63) is 23.2 Å². The van der Waals surface area contributed by atoms with Crippen LogP contribution in [0.4, 0.5) is 11.4 Å². The van der Waals surface area contributed by atoms with E-state index in [-0.39, 0.29) is 5.91 Å². The summed E-state index contributed by atoms with van der Waals surface area (Å²) in [5.74, 6) is -0.0216. The second-order valence-electron chi connectivity index (χ2n) is 5.80. The molecule has 1 amide bonds. The van der Waals surface area contributed by atoms with E-state index in [2.05, 4.69) is 17.3 Å². The van der Waals surface area contributed by atoms with Gasteiger partial charge in [0.15, 0.2) is 0 Å². The summed E-state index contributed by atoms with van der Waals surface area (Å²) in [5, 5.41) is 3.40. The second kappa shape index (κ2) is 7.66. The monoisotopic (exact) mass is 309 g/mol. The number of halogens is 1. The molecule has 1 saturated carbocycles. The van der Waals surface area contributed by atoms with Crippen LogP contribution in [-0.4, -0.2) is 30.4 Å². The fourth-order valence-electron chi connectivity index (χ4n) is 2.83. The molecule has 0 saturated heterocycles. The first-order chi connectivity index (χ1) is 10.1. The summed E-state index contributed by atoms with van der Waals surface area (Å²) in [6.45, 7) is 0.775. The van der Waals surface area contributed by atoms with Gasteiger partial charge in [-0.15, -0.1) is 0 Å². The molecule has 3 N–H and O–H groups in total. The summed E-state index contributed by atoms with van der Waals surface area (Å²) in [6, 6.07) is 5.72. The molecule has 0 radical (unpaired) electrons. The van der Waals surface area contributed by atoms with Crippen molar-refractivity contribution in [1.29, 1.82) is 0 Å². The number of rotatable bonds is 5. The van der Waals surface area contributed by atoms with Gasteiger partial charge in [-0.25, -0.2) is 0 Å². The third kappa shape index (κ3) is 4.90. The van der Waals surface area contributed by atoms with Crippen molar-refractivity contribution < 1.29 is 4.79 Å². The first-order valence-electron chi connectivity index (χ1n) is 7.61. The number of nitrogens with zero attached hydrogens (tertiary/aromatic N) is 1. The average molecular weight is 310 g/mol. The van der Waals surface area contributed by atoms with Crippen LogP contribution < -0.4 is 11.1 Å². The standard InChI is InChI=1S/C16H24ClN3O/c1-20(13-5-3-2-4-6-13)10-9-16(21)19-15-11-12(17)7-8-14(15)18/h7-8,11,13H,2-6,9-10,18H2,1H3,(H,19,21). The molecule has 1 aromatic rings. The molecule has 0 bridgehead atoms. The van der Waals surface area contributed by atoms with Crippen molar-refractivity contribution >= 4 is 28.9 Å². The van der Waals surface area contributed by atoms with Gasteiger partial charge in [-0.1, -0.05) is 30.9 Å². The maximum atomic E-state index is 12.0. The number of nitrogens with two attached hydrogens (primary N) is 1. The number of carbonyl (C=O) groups excluding carboxylic acids is 1. The largest absolute Gasteiger partial charge is 0.397 e. The van der Waals surface area contributed by atoms with E-state index in [0.717, 1.165) is 6.54 Å². The number of hydrogen-bond acceptors (Lipinski definition) is 3. The lowest BCUT2D eigenvalue weighted by atomic mass is 9.94. The summed E-state index contributed by atoms with van der Waals surface area (Å²) in [5.41, 5.74) is 6.95. The SMILES string of the molecule is CN(CCC(=O)Nc1cc(Cl)ccc1N)C1CCCCC1. The topological polar surface area (TPSA) is 58.4 Å². The van der Waals surface area contributed by atoms with E-state index >= 15 is 0 Å². The molecule has 5 heteroatoms. The molecule has 0 aliphatic heterocycles. The Kier molecular flexibility index (Phi) is 5.88. The number of amides is 1. The first-order valence-corrected chi connectivity index (χ1v) is 7.99. The van der Waals surface area contributed by atoms with Crippen molar-refractivity contribution in [3.63, 3.8) is 0 Å². The van der Waals surface area contributed by atoms with Gasteiger partial charge in [-0.3, -0.25) is 4.79 Å². The number of nitrogens with one attached hydrogen (secondary N) is 1. The van der Waals surface area contributed by atoms with E-state index in [9.17, 15) is 4.79 Å². The van der Waals surface area contributed by atoms with E-state index in [1.165, 1.54) is 32.1 Å². The Morgan fingerprint density at radius 3 is 2.81 bits per heavy atom. The molecule has 1 aliphatic carbocycles. The van der Waals surface area contributed by atoms with E-state index in [1.54, 1.807) is 18.2 Å². The zero-order valence-corrected chi connectivity index (χ0v) is 13.3. The van der Waals surface area contributed by atoms with Gasteiger partial charge in [0.1, 0.15) is 0 Å². The number of nitrogen functional groups attached to an aromatic ring is 1. The van der Waals surface area contributed by atoms with Crippen molar-refractivity contribution in [2.45, 2.75) is 44.6 Å². The van der Waals surface area contributed by atoms with E-state index < -0.39 is 0 Å². The van der Waals surface area contributed by atoms with Crippen LogP contribution in [0.25, 0.3) is 0 Å². The third-order valence-electron chi connectivity index (χ3n) is 4.18. The first kappa shape index (κ1) is 16.1. The Morgan fingerprint density at radius 2 is 2.10 bits per heavy atom. The maximum Gasteiger partial charge on any atom is 0.225 e. The molecular weight excluding hydrogens is 286 g/mol. The predicted octanol–water partition coefficient (Wildman–Crippen LogP) is 3.52. The molecular formula is C16H24ClN3O. The Balaban J connectivity index is 1.80. The molecule has 21 heavy (non-hydrogen) atoms. The van der Waals surface area contributed by atoms with Crippen LogP contribution in [0.15, 0.2) is 18.2 Å². The zero-order valence-electron chi connectivity index (χ0n) is 12.6. The lowest BCUT2D eigenvalue weighted by molar-refractivity contribution is -0.116.